The third-order valence-electron chi connectivity index (χ3n) is 7.22. The van der Waals surface area contributed by atoms with Crippen LogP contribution in [-0.4, -0.2) is 85.5 Å². The summed E-state index contributed by atoms with van der Waals surface area (Å²) in [5, 5.41) is 1.86. The summed E-state index contributed by atoms with van der Waals surface area (Å²) in [6.07, 6.45) is 1.15. The number of thiophene rings is 1. The van der Waals surface area contributed by atoms with Crippen LogP contribution < -0.4 is 9.47 Å². The summed E-state index contributed by atoms with van der Waals surface area (Å²) < 4.78 is 11.3. The molecule has 0 aromatic carbocycles. The molecular formula is C22H31N3O4S. The molecule has 1 aromatic heterocycles. The highest BCUT2D eigenvalue weighted by Crippen LogP contribution is 2.45. The van der Waals surface area contributed by atoms with Gasteiger partial charge >= 0.3 is 0 Å². The van der Waals surface area contributed by atoms with Crippen molar-refractivity contribution in [2.75, 3.05) is 59.0 Å². The van der Waals surface area contributed by atoms with Gasteiger partial charge in [-0.05, 0) is 18.4 Å². The molecule has 2 atom stereocenters. The van der Waals surface area contributed by atoms with Gasteiger partial charge in [0.1, 0.15) is 18.1 Å². The standard InChI is InChI=1S/C22H31N3O4S/c1-21(2)4-5-23(12-21)10-17(26)24-8-15-9-25(14-22(15,3)13-24)20(27)19-18-16(11-30-19)28-6-7-29-18/h11,15H,4-10,12-14H2,1-3H3/t15-,22+/m1/s1. The summed E-state index contributed by atoms with van der Waals surface area (Å²) in [6, 6.07) is 0. The molecule has 0 bridgehead atoms. The first-order chi connectivity index (χ1) is 14.2. The Morgan fingerprint density at radius 2 is 1.83 bits per heavy atom. The van der Waals surface area contributed by atoms with Crippen LogP contribution in [0.3, 0.4) is 0 Å². The Morgan fingerprint density at radius 3 is 2.57 bits per heavy atom. The van der Waals surface area contributed by atoms with Crippen LogP contribution >= 0.6 is 11.3 Å². The Hall–Kier alpha value is -1.80. The van der Waals surface area contributed by atoms with E-state index >= 15 is 0 Å². The van der Waals surface area contributed by atoms with Crippen molar-refractivity contribution in [3.63, 3.8) is 0 Å². The highest BCUT2D eigenvalue weighted by Gasteiger charge is 2.52. The second kappa shape index (κ2) is 7.12. The summed E-state index contributed by atoms with van der Waals surface area (Å²) in [5.74, 6) is 1.87. The average molecular weight is 434 g/mol. The molecule has 5 heterocycles. The van der Waals surface area contributed by atoms with Crippen LogP contribution in [-0.2, 0) is 4.79 Å². The van der Waals surface area contributed by atoms with Crippen LogP contribution in [0.25, 0.3) is 0 Å². The number of amides is 2. The van der Waals surface area contributed by atoms with E-state index in [2.05, 4.69) is 25.7 Å². The van der Waals surface area contributed by atoms with Gasteiger partial charge in [-0.1, -0.05) is 20.8 Å². The van der Waals surface area contributed by atoms with Crippen molar-refractivity contribution in [2.24, 2.45) is 16.7 Å². The minimum atomic E-state index is -0.0374. The molecular weight excluding hydrogens is 402 g/mol. The molecule has 3 saturated heterocycles. The number of carbonyl (C=O) groups excluding carboxylic acids is 2. The maximum atomic E-state index is 13.2. The number of likely N-dealkylation sites (tertiary alicyclic amines) is 3. The summed E-state index contributed by atoms with van der Waals surface area (Å²) in [5.41, 5.74) is 0.272. The summed E-state index contributed by atoms with van der Waals surface area (Å²) in [4.78, 5) is 33.0. The van der Waals surface area contributed by atoms with Crippen LogP contribution in [0.1, 0.15) is 36.9 Å². The molecule has 164 valence electrons. The lowest BCUT2D eigenvalue weighted by atomic mass is 9.83. The van der Waals surface area contributed by atoms with Gasteiger partial charge in [0.05, 0.1) is 6.54 Å². The number of hydrogen-bond acceptors (Lipinski definition) is 6. The van der Waals surface area contributed by atoms with E-state index in [0.29, 0.717) is 60.6 Å². The molecule has 8 heteroatoms. The molecule has 3 fully saturated rings. The minimum absolute atomic E-state index is 0.0274. The largest absolute Gasteiger partial charge is 0.485 e. The highest BCUT2D eigenvalue weighted by atomic mass is 32.1. The van der Waals surface area contributed by atoms with Crippen molar-refractivity contribution >= 4 is 23.2 Å². The maximum absolute atomic E-state index is 13.2. The Labute approximate surface area is 181 Å². The zero-order valence-electron chi connectivity index (χ0n) is 18.1. The first-order valence-electron chi connectivity index (χ1n) is 10.9. The van der Waals surface area contributed by atoms with Gasteiger partial charge in [0.15, 0.2) is 11.5 Å². The van der Waals surface area contributed by atoms with Gasteiger partial charge in [-0.2, -0.15) is 0 Å². The van der Waals surface area contributed by atoms with E-state index in [-0.39, 0.29) is 17.2 Å². The van der Waals surface area contributed by atoms with E-state index in [0.717, 1.165) is 32.6 Å². The number of ether oxygens (including phenoxy) is 2. The first-order valence-corrected chi connectivity index (χ1v) is 11.8. The molecule has 30 heavy (non-hydrogen) atoms. The Balaban J connectivity index is 1.21. The fourth-order valence-corrected chi connectivity index (χ4v) is 6.39. The van der Waals surface area contributed by atoms with Gasteiger partial charge in [0.2, 0.25) is 5.91 Å². The summed E-state index contributed by atoms with van der Waals surface area (Å²) in [6.45, 7) is 13.2. The fraction of sp³-hybridized carbons (Fsp3) is 0.727. The van der Waals surface area contributed by atoms with Crippen LogP contribution in [0.2, 0.25) is 0 Å². The van der Waals surface area contributed by atoms with E-state index in [1.54, 1.807) is 0 Å². The number of hydrogen-bond donors (Lipinski definition) is 0. The van der Waals surface area contributed by atoms with Crippen molar-refractivity contribution in [1.82, 2.24) is 14.7 Å². The highest BCUT2D eigenvalue weighted by molar-refractivity contribution is 7.12. The zero-order chi connectivity index (χ0) is 21.1. The van der Waals surface area contributed by atoms with Crippen LogP contribution in [0, 0.1) is 16.7 Å². The monoisotopic (exact) mass is 433 g/mol. The van der Waals surface area contributed by atoms with Gasteiger partial charge < -0.3 is 19.3 Å². The third kappa shape index (κ3) is 3.47. The predicted molar refractivity (Wildman–Crippen MR) is 114 cm³/mol. The second-order valence-electron chi connectivity index (χ2n) is 10.4. The molecule has 0 radical (unpaired) electrons. The molecule has 4 aliphatic heterocycles. The van der Waals surface area contributed by atoms with Gasteiger partial charge in [-0.15, -0.1) is 11.3 Å². The van der Waals surface area contributed by atoms with Crippen molar-refractivity contribution in [3.8, 4) is 11.5 Å². The molecule has 2 amide bonds. The SMILES string of the molecule is CC1(C)CCN(CC(=O)N2C[C@@H]3CN(C(=O)c4scc5c4OCCO5)C[C@]3(C)C2)C1. The molecule has 0 aliphatic carbocycles. The van der Waals surface area contributed by atoms with Crippen LogP contribution in [0.15, 0.2) is 5.38 Å². The lowest BCUT2D eigenvalue weighted by molar-refractivity contribution is -0.131. The maximum Gasteiger partial charge on any atom is 0.267 e. The van der Waals surface area contributed by atoms with E-state index in [4.69, 9.17) is 9.47 Å². The molecule has 4 aliphatic rings. The predicted octanol–water partition coefficient (Wildman–Crippen LogP) is 2.17. The van der Waals surface area contributed by atoms with Crippen molar-refractivity contribution in [1.29, 1.82) is 0 Å². The molecule has 0 N–H and O–H groups in total. The normalized spacial score (nSPS) is 30.0. The van der Waals surface area contributed by atoms with E-state index < -0.39 is 0 Å². The smallest absolute Gasteiger partial charge is 0.267 e. The van der Waals surface area contributed by atoms with Crippen LogP contribution in [0.4, 0.5) is 0 Å². The molecule has 0 unspecified atom stereocenters. The van der Waals surface area contributed by atoms with Gasteiger partial charge in [0.25, 0.3) is 5.91 Å². The number of carbonyl (C=O) groups is 2. The second-order valence-corrected chi connectivity index (χ2v) is 11.3. The van der Waals surface area contributed by atoms with E-state index in [1.165, 1.54) is 11.3 Å². The first kappa shape index (κ1) is 20.1. The fourth-order valence-electron chi connectivity index (χ4n) is 5.49. The van der Waals surface area contributed by atoms with Gasteiger partial charge in [0, 0.05) is 49.4 Å². The topological polar surface area (TPSA) is 62.3 Å². The van der Waals surface area contributed by atoms with Crippen LogP contribution in [0.5, 0.6) is 11.5 Å². The average Bonchev–Trinajstić information content (AvgIpc) is 3.41. The molecule has 5 rings (SSSR count). The lowest BCUT2D eigenvalue weighted by Crippen LogP contribution is -2.42. The molecule has 0 spiro atoms. The zero-order valence-corrected chi connectivity index (χ0v) is 18.9. The third-order valence-corrected chi connectivity index (χ3v) is 8.15. The number of rotatable bonds is 3. The Morgan fingerprint density at radius 1 is 1.10 bits per heavy atom. The Bertz CT molecular complexity index is 869. The summed E-state index contributed by atoms with van der Waals surface area (Å²) in [7, 11) is 0. The van der Waals surface area contributed by atoms with Gasteiger partial charge in [-0.25, -0.2) is 0 Å². The quantitative estimate of drug-likeness (QED) is 0.731. The van der Waals surface area contributed by atoms with Gasteiger partial charge in [-0.3, -0.25) is 14.5 Å². The van der Waals surface area contributed by atoms with Crippen molar-refractivity contribution in [2.45, 2.75) is 27.2 Å². The summed E-state index contributed by atoms with van der Waals surface area (Å²) >= 11 is 1.40. The molecule has 7 nitrogen and oxygen atoms in total. The molecule has 1 aromatic rings. The lowest BCUT2D eigenvalue weighted by Gasteiger charge is -2.27. The number of fused-ring (bicyclic) bond motifs is 2. The minimum Gasteiger partial charge on any atom is -0.485 e. The van der Waals surface area contributed by atoms with E-state index in [1.807, 2.05) is 15.2 Å². The Kier molecular flexibility index (Phi) is 4.78. The van der Waals surface area contributed by atoms with Crippen molar-refractivity contribution < 1.29 is 19.1 Å². The number of nitrogens with zero attached hydrogens (tertiary/aromatic N) is 3. The van der Waals surface area contributed by atoms with E-state index in [9.17, 15) is 9.59 Å². The molecule has 0 saturated carbocycles. The van der Waals surface area contributed by atoms with Crippen molar-refractivity contribution in [3.05, 3.63) is 10.3 Å².